The third-order valence-electron chi connectivity index (χ3n) is 9.62. The summed E-state index contributed by atoms with van der Waals surface area (Å²) in [6, 6.07) is 16.3. The highest BCUT2D eigenvalue weighted by Crippen LogP contribution is 2.32. The molecule has 3 N–H and O–H groups in total. The van der Waals surface area contributed by atoms with Crippen LogP contribution < -0.4 is 15.8 Å². The quantitative estimate of drug-likeness (QED) is 0.0758. The smallest absolute Gasteiger partial charge is 0.338 e. The number of hydrogen-bond donors (Lipinski definition) is 2. The van der Waals surface area contributed by atoms with Crippen molar-refractivity contribution in [1.29, 1.82) is 0 Å². The van der Waals surface area contributed by atoms with Crippen molar-refractivity contribution >= 4 is 61.9 Å². The molecule has 1 amide bonds. The van der Waals surface area contributed by atoms with Gasteiger partial charge in [-0.25, -0.2) is 4.79 Å². The van der Waals surface area contributed by atoms with Crippen molar-refractivity contribution in [3.05, 3.63) is 92.0 Å². The Balaban J connectivity index is 1.14. The highest BCUT2D eigenvalue weighted by atomic mass is 79.9. The Hall–Kier alpha value is -3.86. The highest BCUT2D eigenvalue weighted by molar-refractivity contribution is 9.10. The molecule has 0 unspecified atom stereocenters. The summed E-state index contributed by atoms with van der Waals surface area (Å²) in [5.41, 5.74) is 11.1. The average molecular weight is 766 g/mol. The van der Waals surface area contributed by atoms with Crippen LogP contribution in [0.3, 0.4) is 0 Å². The molecule has 1 fully saturated rings. The van der Waals surface area contributed by atoms with Crippen molar-refractivity contribution in [2.75, 3.05) is 32.5 Å². The largest absolute Gasteiger partial charge is 0.497 e. The Morgan fingerprint density at radius 3 is 2.46 bits per heavy atom. The molecule has 1 aliphatic rings. The fourth-order valence-electron chi connectivity index (χ4n) is 6.81. The summed E-state index contributed by atoms with van der Waals surface area (Å²) in [6.45, 7) is 6.29. The number of nitrogens with one attached hydrogen (secondary N) is 1. The maximum atomic E-state index is 13.6. The first kappa shape index (κ1) is 37.4. The lowest BCUT2D eigenvalue weighted by atomic mass is 9.93. The molecule has 0 radical (unpaired) electrons. The number of rotatable bonds is 14. The number of methoxy groups -OCH3 is 1. The summed E-state index contributed by atoms with van der Waals surface area (Å²) >= 11 is 9.58. The molecule has 9 nitrogen and oxygen atoms in total. The number of benzene rings is 3. The Bertz CT molecular complexity index is 1830. The first-order valence-electron chi connectivity index (χ1n) is 17.3. The van der Waals surface area contributed by atoms with Crippen molar-refractivity contribution in [2.24, 2.45) is 0 Å². The molecule has 1 heterocycles. The number of ether oxygens (including phenoxy) is 2. The zero-order chi connectivity index (χ0) is 35.8. The topological polar surface area (TPSA) is 116 Å². The summed E-state index contributed by atoms with van der Waals surface area (Å²) in [4.78, 5) is 42.1. The van der Waals surface area contributed by atoms with Crippen molar-refractivity contribution in [2.45, 2.75) is 77.8 Å². The van der Waals surface area contributed by atoms with E-state index in [9.17, 15) is 14.4 Å². The summed E-state index contributed by atoms with van der Waals surface area (Å²) in [7, 11) is 1.58. The van der Waals surface area contributed by atoms with Gasteiger partial charge < -0.3 is 20.5 Å². The number of fused-ring (bicyclic) bond motifs is 1. The predicted octanol–water partition coefficient (Wildman–Crippen LogP) is 8.10. The van der Waals surface area contributed by atoms with E-state index in [0.29, 0.717) is 75.2 Å². The summed E-state index contributed by atoms with van der Waals surface area (Å²) in [5.74, 6) is -0.137. The molecule has 1 saturated carbocycles. The molecule has 266 valence electrons. The molecule has 50 heavy (non-hydrogen) atoms. The highest BCUT2D eigenvalue weighted by Gasteiger charge is 2.24. The number of hydrogen-bond acceptors (Lipinski definition) is 7. The van der Waals surface area contributed by atoms with Crippen molar-refractivity contribution in [1.82, 2.24) is 14.8 Å². The van der Waals surface area contributed by atoms with E-state index < -0.39 is 5.97 Å². The van der Waals surface area contributed by atoms with Crippen molar-refractivity contribution in [3.8, 4) is 5.75 Å². The number of halogens is 2. The standard InChI is InChI=1S/C39H46BrClN4O5/c1-4-44(30-10-6-5-7-11-30)24-28-20-27(21-34(40)37(28)42)39(48)50-19-9-8-18-43-36(46)23-32-25(2)45(35-17-16-31(49-3)22-33(32)35)38(47)26-12-14-29(41)15-13-26/h12-17,20-22,30H,4-11,18-19,23-24,42H2,1-3H3,(H,43,46). The number of aromatic nitrogens is 1. The van der Waals surface area contributed by atoms with Crippen LogP contribution in [0.25, 0.3) is 10.9 Å². The second kappa shape index (κ2) is 17.4. The molecule has 5 rings (SSSR count). The maximum absolute atomic E-state index is 13.6. The van der Waals surface area contributed by atoms with Crippen LogP contribution in [0.2, 0.25) is 5.02 Å². The van der Waals surface area contributed by atoms with E-state index in [0.717, 1.165) is 23.1 Å². The van der Waals surface area contributed by atoms with Crippen LogP contribution in [0.5, 0.6) is 5.75 Å². The SMILES string of the molecule is CCN(Cc1cc(C(=O)OCCCCNC(=O)Cc2c(C)n(C(=O)c3ccc(Cl)cc3)c3ccc(OC)cc23)cc(Br)c1N)C1CCCCC1. The van der Waals surface area contributed by atoms with E-state index in [1.54, 1.807) is 48.1 Å². The van der Waals surface area contributed by atoms with Gasteiger partial charge in [0.25, 0.3) is 5.91 Å². The van der Waals surface area contributed by atoms with Gasteiger partial charge in [-0.1, -0.05) is 37.8 Å². The van der Waals surface area contributed by atoms with Gasteiger partial charge in [-0.2, -0.15) is 0 Å². The normalized spacial score (nSPS) is 13.5. The predicted molar refractivity (Wildman–Crippen MR) is 202 cm³/mol. The minimum atomic E-state index is -0.396. The van der Waals surface area contributed by atoms with Gasteiger partial charge in [0, 0.05) is 45.3 Å². The molecule has 4 aromatic rings. The lowest BCUT2D eigenvalue weighted by Crippen LogP contribution is -2.36. The zero-order valence-corrected chi connectivity index (χ0v) is 31.4. The molecule has 3 aromatic carbocycles. The minimum absolute atomic E-state index is 0.0932. The van der Waals surface area contributed by atoms with Crippen LogP contribution in [-0.2, 0) is 22.5 Å². The van der Waals surface area contributed by atoms with Crippen molar-refractivity contribution in [3.63, 3.8) is 0 Å². The number of nitrogen functional groups attached to an aromatic ring is 1. The lowest BCUT2D eigenvalue weighted by Gasteiger charge is -2.34. The van der Waals surface area contributed by atoms with Crippen LogP contribution in [0.4, 0.5) is 5.69 Å². The second-order valence-electron chi connectivity index (χ2n) is 12.9. The van der Waals surface area contributed by atoms with Gasteiger partial charge in [0.1, 0.15) is 5.75 Å². The summed E-state index contributed by atoms with van der Waals surface area (Å²) in [5, 5.41) is 4.30. The number of amides is 1. The lowest BCUT2D eigenvalue weighted by molar-refractivity contribution is -0.120. The number of anilines is 1. The van der Waals surface area contributed by atoms with E-state index in [4.69, 9.17) is 26.8 Å². The van der Waals surface area contributed by atoms with Gasteiger partial charge in [-0.05, 0) is 121 Å². The Labute approximate surface area is 307 Å². The fourth-order valence-corrected chi connectivity index (χ4v) is 7.44. The number of carbonyl (C=O) groups is 3. The van der Waals surface area contributed by atoms with E-state index in [-0.39, 0.29) is 24.8 Å². The van der Waals surface area contributed by atoms with Gasteiger partial charge >= 0.3 is 5.97 Å². The van der Waals surface area contributed by atoms with Gasteiger partial charge in [0.15, 0.2) is 0 Å². The zero-order valence-electron chi connectivity index (χ0n) is 29.0. The average Bonchev–Trinajstić information content (AvgIpc) is 3.39. The summed E-state index contributed by atoms with van der Waals surface area (Å²) in [6.07, 6.45) is 7.52. The third-order valence-corrected chi connectivity index (χ3v) is 10.5. The molecule has 0 aliphatic heterocycles. The third kappa shape index (κ3) is 8.89. The first-order chi connectivity index (χ1) is 24.1. The van der Waals surface area contributed by atoms with E-state index >= 15 is 0 Å². The molecule has 1 aliphatic carbocycles. The maximum Gasteiger partial charge on any atom is 0.338 e. The molecule has 0 saturated heterocycles. The second-order valence-corrected chi connectivity index (χ2v) is 14.1. The molecule has 1 aromatic heterocycles. The van der Waals surface area contributed by atoms with Gasteiger partial charge in [-0.15, -0.1) is 0 Å². The van der Waals surface area contributed by atoms with Gasteiger partial charge in [-0.3, -0.25) is 19.1 Å². The van der Waals surface area contributed by atoms with E-state index in [1.165, 1.54) is 32.1 Å². The van der Waals surface area contributed by atoms with Crippen LogP contribution in [0.1, 0.15) is 89.4 Å². The Kier molecular flexibility index (Phi) is 13.0. The molecule has 11 heteroatoms. The first-order valence-corrected chi connectivity index (χ1v) is 18.5. The van der Waals surface area contributed by atoms with Gasteiger partial charge in [0.2, 0.25) is 5.91 Å². The number of esters is 1. The molecular weight excluding hydrogens is 720 g/mol. The van der Waals surface area contributed by atoms with Crippen molar-refractivity contribution < 1.29 is 23.9 Å². The van der Waals surface area contributed by atoms with E-state index in [1.807, 2.05) is 25.1 Å². The number of nitrogens with zero attached hydrogens (tertiary/aromatic N) is 2. The monoisotopic (exact) mass is 764 g/mol. The van der Waals surface area contributed by atoms with Gasteiger partial charge in [0.05, 0.1) is 36.9 Å². The fraction of sp³-hybridized carbons (Fsp3) is 0.410. The molecule has 0 spiro atoms. The van der Waals surface area contributed by atoms with Crippen LogP contribution in [0, 0.1) is 6.92 Å². The molecule has 0 bridgehead atoms. The van der Waals surface area contributed by atoms with Crippen LogP contribution in [-0.4, -0.2) is 60.1 Å². The Morgan fingerprint density at radius 1 is 1.02 bits per heavy atom. The number of unbranched alkanes of at least 4 members (excludes halogenated alkanes) is 1. The van der Waals surface area contributed by atoms with Crippen LogP contribution >= 0.6 is 27.5 Å². The molecular formula is C39H46BrClN4O5. The minimum Gasteiger partial charge on any atom is -0.497 e. The van der Waals surface area contributed by atoms with E-state index in [2.05, 4.69) is 33.1 Å². The number of nitrogens with two attached hydrogens (primary N) is 1. The Morgan fingerprint density at radius 2 is 1.76 bits per heavy atom. The number of carbonyl (C=O) groups excluding carboxylic acids is 3. The summed E-state index contributed by atoms with van der Waals surface area (Å²) < 4.78 is 13.4. The molecule has 0 atom stereocenters. The van der Waals surface area contributed by atoms with Crippen LogP contribution in [0.15, 0.2) is 59.1 Å².